The van der Waals surface area contributed by atoms with Crippen molar-refractivity contribution in [2.45, 2.75) is 19.8 Å². The smallest absolute Gasteiger partial charge is 0.183 e. The van der Waals surface area contributed by atoms with Gasteiger partial charge in [0.05, 0.1) is 11.4 Å². The number of fused-ring (bicyclic) bond motifs is 2. The van der Waals surface area contributed by atoms with E-state index in [9.17, 15) is 0 Å². The molecule has 4 aromatic rings. The van der Waals surface area contributed by atoms with E-state index in [0.717, 1.165) is 33.6 Å². The maximum atomic E-state index is 4.70. The highest BCUT2D eigenvalue weighted by Crippen LogP contribution is 2.31. The van der Waals surface area contributed by atoms with Crippen molar-refractivity contribution >= 4 is 27.9 Å². The molecule has 0 radical (unpaired) electrons. The first-order valence-corrected chi connectivity index (χ1v) is 8.10. The number of rotatable bonds is 3. The van der Waals surface area contributed by atoms with Crippen LogP contribution in [0.4, 0.5) is 11.5 Å². The van der Waals surface area contributed by atoms with Crippen molar-refractivity contribution in [1.29, 1.82) is 0 Å². The molecule has 24 heavy (non-hydrogen) atoms. The topological polar surface area (TPSA) is 42.0 Å². The number of hydrogen-bond acceptors (Lipinski definition) is 3. The van der Waals surface area contributed by atoms with Gasteiger partial charge in [0, 0.05) is 11.6 Å². The highest BCUT2D eigenvalue weighted by atomic mass is 15.2. The number of aromatic nitrogens is 2. The van der Waals surface area contributed by atoms with E-state index in [2.05, 4.69) is 42.3 Å². The van der Waals surface area contributed by atoms with Crippen molar-refractivity contribution in [2.75, 3.05) is 0 Å². The van der Waals surface area contributed by atoms with Crippen LogP contribution in [-0.4, -0.2) is 9.38 Å². The van der Waals surface area contributed by atoms with E-state index < -0.39 is 0 Å². The zero-order valence-corrected chi connectivity index (χ0v) is 13.7. The summed E-state index contributed by atoms with van der Waals surface area (Å²) in [5.41, 5.74) is 2.73. The monoisotopic (exact) mass is 314 g/mol. The summed E-state index contributed by atoms with van der Waals surface area (Å²) in [4.78, 5) is 4.70. The maximum Gasteiger partial charge on any atom is 0.183 e. The summed E-state index contributed by atoms with van der Waals surface area (Å²) in [7, 11) is 0. The van der Waals surface area contributed by atoms with Crippen LogP contribution in [0.2, 0.25) is 0 Å². The van der Waals surface area contributed by atoms with Gasteiger partial charge in [-0.3, -0.25) is 4.40 Å². The number of pyridine rings is 1. The molecule has 118 valence electrons. The zero-order valence-electron chi connectivity index (χ0n) is 13.7. The van der Waals surface area contributed by atoms with Gasteiger partial charge in [-0.1, -0.05) is 56.3 Å². The van der Waals surface area contributed by atoms with Crippen LogP contribution in [0.1, 0.15) is 25.5 Å². The van der Waals surface area contributed by atoms with Crippen LogP contribution in [0.25, 0.3) is 16.4 Å². The number of nitrogens with zero attached hydrogens (tertiary/aromatic N) is 4. The Morgan fingerprint density at radius 3 is 2.54 bits per heavy atom. The Morgan fingerprint density at radius 2 is 1.67 bits per heavy atom. The summed E-state index contributed by atoms with van der Waals surface area (Å²) in [5.74, 6) is 1.08. The predicted octanol–water partition coefficient (Wildman–Crippen LogP) is 6.03. The lowest BCUT2D eigenvalue weighted by atomic mass is 10.1. The first-order valence-electron chi connectivity index (χ1n) is 8.10. The molecular formula is C20H18N4. The Morgan fingerprint density at radius 1 is 0.875 bits per heavy atom. The van der Waals surface area contributed by atoms with E-state index in [1.54, 1.807) is 0 Å². The summed E-state index contributed by atoms with van der Waals surface area (Å²) >= 11 is 0. The normalized spacial score (nSPS) is 12.0. The molecule has 0 saturated heterocycles. The third kappa shape index (κ3) is 2.46. The lowest BCUT2D eigenvalue weighted by Crippen LogP contribution is -1.87. The standard InChI is InChI=1S/C20H18N4/c1-14(2)19-20(24-13-6-5-12-18(24)21-19)23-22-17-11-7-9-15-8-3-4-10-16(15)17/h3-14H,1-2H3. The fourth-order valence-electron chi connectivity index (χ4n) is 2.88. The van der Waals surface area contributed by atoms with Crippen LogP contribution >= 0.6 is 0 Å². The zero-order chi connectivity index (χ0) is 16.5. The van der Waals surface area contributed by atoms with E-state index in [1.165, 1.54) is 0 Å². The highest BCUT2D eigenvalue weighted by Gasteiger charge is 2.14. The lowest BCUT2D eigenvalue weighted by Gasteiger charge is -2.03. The average molecular weight is 314 g/mol. The lowest BCUT2D eigenvalue weighted by molar-refractivity contribution is 0.831. The first kappa shape index (κ1) is 14.6. The average Bonchev–Trinajstić information content (AvgIpc) is 2.99. The second kappa shape index (κ2) is 5.89. The number of azo groups is 1. The van der Waals surface area contributed by atoms with Gasteiger partial charge in [0.25, 0.3) is 0 Å². The molecule has 4 heteroatoms. The van der Waals surface area contributed by atoms with Crippen molar-refractivity contribution in [3.8, 4) is 0 Å². The Bertz CT molecular complexity index is 1040. The molecule has 2 heterocycles. The summed E-state index contributed by atoms with van der Waals surface area (Å²) in [6.07, 6.45) is 1.98. The molecule has 0 atom stereocenters. The van der Waals surface area contributed by atoms with Crippen LogP contribution < -0.4 is 0 Å². The first-order chi connectivity index (χ1) is 11.7. The summed E-state index contributed by atoms with van der Waals surface area (Å²) in [5, 5.41) is 11.4. The van der Waals surface area contributed by atoms with Gasteiger partial charge in [-0.15, -0.1) is 10.2 Å². The van der Waals surface area contributed by atoms with Crippen LogP contribution in [0.5, 0.6) is 0 Å². The van der Waals surface area contributed by atoms with Crippen LogP contribution in [0.15, 0.2) is 77.1 Å². The molecule has 0 fully saturated rings. The van der Waals surface area contributed by atoms with Crippen molar-refractivity contribution in [3.63, 3.8) is 0 Å². The van der Waals surface area contributed by atoms with Crippen molar-refractivity contribution in [1.82, 2.24) is 9.38 Å². The van der Waals surface area contributed by atoms with Crippen LogP contribution in [-0.2, 0) is 0 Å². The van der Waals surface area contributed by atoms with Crippen LogP contribution in [0.3, 0.4) is 0 Å². The molecule has 4 rings (SSSR count). The predicted molar refractivity (Wildman–Crippen MR) is 97.4 cm³/mol. The molecule has 0 bridgehead atoms. The van der Waals surface area contributed by atoms with E-state index in [0.29, 0.717) is 0 Å². The minimum absolute atomic E-state index is 0.284. The quantitative estimate of drug-likeness (QED) is 0.426. The minimum atomic E-state index is 0.284. The molecule has 4 nitrogen and oxygen atoms in total. The van der Waals surface area contributed by atoms with Gasteiger partial charge in [-0.2, -0.15) is 0 Å². The number of imidazole rings is 1. The van der Waals surface area contributed by atoms with Gasteiger partial charge >= 0.3 is 0 Å². The third-order valence-corrected chi connectivity index (χ3v) is 4.10. The van der Waals surface area contributed by atoms with Gasteiger partial charge in [-0.05, 0) is 29.5 Å². The maximum absolute atomic E-state index is 4.70. The minimum Gasteiger partial charge on any atom is -0.283 e. The molecule has 2 aromatic carbocycles. The van der Waals surface area contributed by atoms with Gasteiger partial charge in [0.2, 0.25) is 0 Å². The number of benzene rings is 2. The van der Waals surface area contributed by atoms with E-state index in [4.69, 9.17) is 4.98 Å². The number of hydrogen-bond donors (Lipinski definition) is 0. The van der Waals surface area contributed by atoms with Crippen molar-refractivity contribution < 1.29 is 0 Å². The largest absolute Gasteiger partial charge is 0.283 e. The SMILES string of the molecule is CC(C)c1nc2ccccn2c1N=Nc1cccc2ccccc12. The van der Waals surface area contributed by atoms with Crippen LogP contribution in [0, 0.1) is 0 Å². The Kier molecular flexibility index (Phi) is 3.58. The Labute approximate surface area is 140 Å². The van der Waals surface area contributed by atoms with Gasteiger partial charge in [0.1, 0.15) is 5.65 Å². The molecule has 0 aliphatic rings. The Balaban J connectivity index is 1.86. The van der Waals surface area contributed by atoms with Crippen molar-refractivity contribution in [3.05, 3.63) is 72.6 Å². The molecule has 0 amide bonds. The van der Waals surface area contributed by atoms with E-state index in [-0.39, 0.29) is 5.92 Å². The summed E-state index contributed by atoms with van der Waals surface area (Å²) in [6.45, 7) is 4.25. The Hall–Kier alpha value is -3.01. The molecule has 0 aliphatic heterocycles. The van der Waals surface area contributed by atoms with Gasteiger partial charge < -0.3 is 0 Å². The molecule has 0 N–H and O–H groups in total. The second-order valence-corrected chi connectivity index (χ2v) is 6.10. The second-order valence-electron chi connectivity index (χ2n) is 6.10. The molecule has 0 aliphatic carbocycles. The summed E-state index contributed by atoms with van der Waals surface area (Å²) < 4.78 is 1.99. The highest BCUT2D eigenvalue weighted by molar-refractivity contribution is 5.92. The third-order valence-electron chi connectivity index (χ3n) is 4.10. The molecular weight excluding hydrogens is 296 g/mol. The fourth-order valence-corrected chi connectivity index (χ4v) is 2.88. The molecule has 0 saturated carbocycles. The van der Waals surface area contributed by atoms with E-state index >= 15 is 0 Å². The van der Waals surface area contributed by atoms with E-state index in [1.807, 2.05) is 53.1 Å². The fraction of sp³-hybridized carbons (Fsp3) is 0.150. The van der Waals surface area contributed by atoms with Crippen molar-refractivity contribution in [2.24, 2.45) is 10.2 Å². The molecule has 0 spiro atoms. The molecule has 2 aromatic heterocycles. The van der Waals surface area contributed by atoms with Gasteiger partial charge in [-0.25, -0.2) is 4.98 Å². The van der Waals surface area contributed by atoms with Gasteiger partial charge in [0.15, 0.2) is 5.82 Å². The molecule has 0 unspecified atom stereocenters. The summed E-state index contributed by atoms with van der Waals surface area (Å²) in [6, 6.07) is 20.3.